The minimum Gasteiger partial charge on any atom is -0.338 e. The Balaban J connectivity index is 1.86. The average Bonchev–Trinajstić information content (AvgIpc) is 2.98. The van der Waals surface area contributed by atoms with Crippen molar-refractivity contribution in [2.45, 2.75) is 38.6 Å². The molecular formula is C17H20F2N4O. The molecule has 2 amide bonds. The zero-order valence-electron chi connectivity index (χ0n) is 13.5. The molecule has 1 aliphatic rings. The number of rotatable bonds is 4. The van der Waals surface area contributed by atoms with Crippen LogP contribution in [0.4, 0.5) is 13.6 Å². The third-order valence-electron chi connectivity index (χ3n) is 4.16. The summed E-state index contributed by atoms with van der Waals surface area (Å²) >= 11 is 0. The van der Waals surface area contributed by atoms with Crippen LogP contribution in [0.1, 0.15) is 43.5 Å². The third kappa shape index (κ3) is 3.25. The van der Waals surface area contributed by atoms with Crippen LogP contribution < -0.4 is 10.6 Å². The quantitative estimate of drug-likeness (QED) is 0.902. The van der Waals surface area contributed by atoms with Gasteiger partial charge < -0.3 is 10.6 Å². The Morgan fingerprint density at radius 3 is 3.00 bits per heavy atom. The van der Waals surface area contributed by atoms with Gasteiger partial charge in [-0.1, -0.05) is 6.92 Å². The van der Waals surface area contributed by atoms with Gasteiger partial charge in [0, 0.05) is 23.9 Å². The molecule has 1 unspecified atom stereocenters. The molecule has 5 nitrogen and oxygen atoms in total. The number of hydrogen-bond donors (Lipinski definition) is 2. The Morgan fingerprint density at radius 2 is 2.25 bits per heavy atom. The molecule has 1 aliphatic carbocycles. The second kappa shape index (κ2) is 6.98. The molecule has 2 aromatic rings. The number of aromatic nitrogens is 2. The maximum absolute atomic E-state index is 14.0. The van der Waals surface area contributed by atoms with Crippen molar-refractivity contribution >= 4 is 6.03 Å². The van der Waals surface area contributed by atoms with Crippen molar-refractivity contribution in [1.82, 2.24) is 20.4 Å². The summed E-state index contributed by atoms with van der Waals surface area (Å²) in [4.78, 5) is 11.9. The van der Waals surface area contributed by atoms with Gasteiger partial charge in [0.05, 0.1) is 12.2 Å². The fourth-order valence-electron chi connectivity index (χ4n) is 3.02. The molecule has 7 heteroatoms. The Hall–Kier alpha value is -2.44. The summed E-state index contributed by atoms with van der Waals surface area (Å²) in [7, 11) is 0. The fraction of sp³-hybridized carbons (Fsp3) is 0.412. The van der Waals surface area contributed by atoms with E-state index in [0.717, 1.165) is 43.0 Å². The molecule has 0 saturated carbocycles. The van der Waals surface area contributed by atoms with E-state index in [1.807, 2.05) is 6.92 Å². The van der Waals surface area contributed by atoms with Crippen LogP contribution in [0.25, 0.3) is 5.69 Å². The first kappa shape index (κ1) is 16.4. The first-order valence-corrected chi connectivity index (χ1v) is 8.16. The monoisotopic (exact) mass is 334 g/mol. The molecule has 0 radical (unpaired) electrons. The Kier molecular flexibility index (Phi) is 4.78. The summed E-state index contributed by atoms with van der Waals surface area (Å²) in [5, 5.41) is 9.99. The Morgan fingerprint density at radius 1 is 1.42 bits per heavy atom. The Labute approximate surface area is 139 Å². The maximum Gasteiger partial charge on any atom is 0.315 e. The molecule has 0 spiro atoms. The van der Waals surface area contributed by atoms with Crippen molar-refractivity contribution in [1.29, 1.82) is 0 Å². The summed E-state index contributed by atoms with van der Waals surface area (Å²) in [5.41, 5.74) is 1.96. The molecule has 0 aliphatic heterocycles. The number of fused-ring (bicyclic) bond motifs is 1. The van der Waals surface area contributed by atoms with E-state index in [2.05, 4.69) is 15.7 Å². The molecule has 128 valence electrons. The number of carbonyl (C=O) groups is 1. The first-order chi connectivity index (χ1) is 11.6. The van der Waals surface area contributed by atoms with Gasteiger partial charge in [-0.2, -0.15) is 5.10 Å². The van der Waals surface area contributed by atoms with Gasteiger partial charge in [0.15, 0.2) is 5.82 Å². The van der Waals surface area contributed by atoms with Gasteiger partial charge in [0.1, 0.15) is 11.5 Å². The highest BCUT2D eigenvalue weighted by atomic mass is 19.1. The molecule has 3 rings (SSSR count). The number of nitrogens with one attached hydrogen (secondary N) is 2. The summed E-state index contributed by atoms with van der Waals surface area (Å²) in [6.07, 6.45) is 4.93. The average molecular weight is 334 g/mol. The summed E-state index contributed by atoms with van der Waals surface area (Å²) in [5.74, 6) is -1.28. The lowest BCUT2D eigenvalue weighted by atomic mass is 9.93. The van der Waals surface area contributed by atoms with E-state index in [4.69, 9.17) is 0 Å². The number of amides is 2. The number of carbonyl (C=O) groups excluding carboxylic acids is 1. The van der Waals surface area contributed by atoms with Crippen molar-refractivity contribution in [2.24, 2.45) is 0 Å². The predicted octanol–water partition coefficient (Wildman–Crippen LogP) is 3.24. The maximum atomic E-state index is 14.0. The van der Waals surface area contributed by atoms with Gasteiger partial charge in [0.25, 0.3) is 0 Å². The summed E-state index contributed by atoms with van der Waals surface area (Å²) in [6, 6.07) is 3.07. The second-order valence-corrected chi connectivity index (χ2v) is 5.90. The second-order valence-electron chi connectivity index (χ2n) is 5.90. The molecule has 1 aromatic carbocycles. The molecule has 0 fully saturated rings. The number of halogens is 2. The van der Waals surface area contributed by atoms with E-state index in [1.165, 1.54) is 16.8 Å². The lowest BCUT2D eigenvalue weighted by Gasteiger charge is -2.24. The van der Waals surface area contributed by atoms with Crippen LogP contribution >= 0.6 is 0 Å². The smallest absolute Gasteiger partial charge is 0.315 e. The van der Waals surface area contributed by atoms with Crippen LogP contribution in [0.3, 0.4) is 0 Å². The summed E-state index contributed by atoms with van der Waals surface area (Å²) in [6.45, 7) is 2.60. The van der Waals surface area contributed by atoms with Crippen molar-refractivity contribution in [3.05, 3.63) is 47.3 Å². The highest BCUT2D eigenvalue weighted by Crippen LogP contribution is 2.31. The predicted molar refractivity (Wildman–Crippen MR) is 86.0 cm³/mol. The largest absolute Gasteiger partial charge is 0.338 e. The molecular weight excluding hydrogens is 314 g/mol. The van der Waals surface area contributed by atoms with Crippen LogP contribution in [0.5, 0.6) is 0 Å². The molecule has 2 N–H and O–H groups in total. The molecule has 1 aromatic heterocycles. The van der Waals surface area contributed by atoms with Crippen molar-refractivity contribution in [2.75, 3.05) is 6.54 Å². The lowest BCUT2D eigenvalue weighted by Crippen LogP contribution is -2.39. The molecule has 0 saturated heterocycles. The van der Waals surface area contributed by atoms with Gasteiger partial charge in [-0.05, 0) is 37.8 Å². The van der Waals surface area contributed by atoms with Gasteiger partial charge in [-0.25, -0.2) is 18.3 Å². The number of benzene rings is 1. The van der Waals surface area contributed by atoms with Crippen molar-refractivity contribution < 1.29 is 13.6 Å². The van der Waals surface area contributed by atoms with E-state index in [9.17, 15) is 13.6 Å². The fourth-order valence-corrected chi connectivity index (χ4v) is 3.02. The molecule has 24 heavy (non-hydrogen) atoms. The minimum absolute atomic E-state index is 0.150. The first-order valence-electron chi connectivity index (χ1n) is 8.16. The van der Waals surface area contributed by atoms with Crippen LogP contribution in [0, 0.1) is 11.6 Å². The normalized spacial score (nSPS) is 16.5. The van der Waals surface area contributed by atoms with E-state index < -0.39 is 11.6 Å². The van der Waals surface area contributed by atoms with Crippen LogP contribution in [0.2, 0.25) is 0 Å². The van der Waals surface area contributed by atoms with Gasteiger partial charge in [-0.3, -0.25) is 0 Å². The number of nitrogens with zero attached hydrogens (tertiary/aromatic N) is 2. The standard InChI is InChI=1S/C17H20F2N4O/c1-2-8-20-17(24)22-14-4-3-5-15-12(14)10-21-23(15)16-7-6-11(18)9-13(16)19/h6-7,9-10,14H,2-5,8H2,1H3,(H2,20,22,24). The van der Waals surface area contributed by atoms with Gasteiger partial charge >= 0.3 is 6.03 Å². The molecule has 0 bridgehead atoms. The third-order valence-corrected chi connectivity index (χ3v) is 4.16. The summed E-state index contributed by atoms with van der Waals surface area (Å²) < 4.78 is 28.7. The SMILES string of the molecule is CCCNC(=O)NC1CCCc2c1cnn2-c1ccc(F)cc1F. The van der Waals surface area contributed by atoms with Crippen LogP contribution in [-0.4, -0.2) is 22.4 Å². The van der Waals surface area contributed by atoms with E-state index in [0.29, 0.717) is 6.54 Å². The zero-order valence-corrected chi connectivity index (χ0v) is 13.5. The lowest BCUT2D eigenvalue weighted by molar-refractivity contribution is 0.235. The number of hydrogen-bond acceptors (Lipinski definition) is 2. The van der Waals surface area contributed by atoms with Gasteiger partial charge in [-0.15, -0.1) is 0 Å². The van der Waals surface area contributed by atoms with Crippen LogP contribution in [-0.2, 0) is 6.42 Å². The van der Waals surface area contributed by atoms with Crippen molar-refractivity contribution in [3.8, 4) is 5.69 Å². The minimum atomic E-state index is -0.656. The highest BCUT2D eigenvalue weighted by molar-refractivity contribution is 5.74. The highest BCUT2D eigenvalue weighted by Gasteiger charge is 2.26. The van der Waals surface area contributed by atoms with E-state index in [-0.39, 0.29) is 17.8 Å². The van der Waals surface area contributed by atoms with E-state index >= 15 is 0 Å². The van der Waals surface area contributed by atoms with Crippen LogP contribution in [0.15, 0.2) is 24.4 Å². The Bertz CT molecular complexity index is 744. The van der Waals surface area contributed by atoms with Crippen molar-refractivity contribution in [3.63, 3.8) is 0 Å². The zero-order chi connectivity index (χ0) is 17.1. The number of urea groups is 1. The van der Waals surface area contributed by atoms with Gasteiger partial charge in [0.2, 0.25) is 0 Å². The topological polar surface area (TPSA) is 59.0 Å². The van der Waals surface area contributed by atoms with E-state index in [1.54, 1.807) is 6.20 Å². The molecule has 1 heterocycles. The molecule has 1 atom stereocenters.